The maximum Gasteiger partial charge on any atom is 0.299 e. The Morgan fingerprint density at radius 2 is 1.82 bits per heavy atom. The summed E-state index contributed by atoms with van der Waals surface area (Å²) in [4.78, 5) is 3.44. The molecule has 1 saturated carbocycles. The van der Waals surface area contributed by atoms with Crippen molar-refractivity contribution in [1.82, 2.24) is 4.72 Å². The van der Waals surface area contributed by atoms with E-state index in [9.17, 15) is 8.42 Å². The quantitative estimate of drug-likeness (QED) is 0.673. The van der Waals surface area contributed by atoms with E-state index in [2.05, 4.69) is 9.57 Å². The SMILES string of the molecule is [C-]#[N+]C1(NS(=O)(=O)c2ccc(-c3ccccc3)c(N)c2)CC1. The third kappa shape index (κ3) is 2.69. The van der Waals surface area contributed by atoms with Crippen LogP contribution in [0.15, 0.2) is 53.4 Å². The van der Waals surface area contributed by atoms with Crippen molar-refractivity contribution in [3.63, 3.8) is 0 Å². The Hall–Kier alpha value is -2.36. The Bertz CT molecular complexity index is 851. The average Bonchev–Trinajstić information content (AvgIpc) is 3.27. The van der Waals surface area contributed by atoms with E-state index in [1.165, 1.54) is 12.1 Å². The van der Waals surface area contributed by atoms with Crippen LogP contribution in [0, 0.1) is 6.57 Å². The highest BCUT2D eigenvalue weighted by molar-refractivity contribution is 7.89. The zero-order valence-electron chi connectivity index (χ0n) is 11.8. The van der Waals surface area contributed by atoms with Gasteiger partial charge in [0.1, 0.15) is 0 Å². The van der Waals surface area contributed by atoms with Crippen molar-refractivity contribution < 1.29 is 8.42 Å². The van der Waals surface area contributed by atoms with Gasteiger partial charge in [-0.15, -0.1) is 4.72 Å². The number of sulfonamides is 1. The fraction of sp³-hybridized carbons (Fsp3) is 0.188. The number of nitrogens with one attached hydrogen (secondary N) is 1. The van der Waals surface area contributed by atoms with E-state index < -0.39 is 15.7 Å². The number of nitrogens with zero attached hydrogens (tertiary/aromatic N) is 1. The normalized spacial score (nSPS) is 16.0. The monoisotopic (exact) mass is 313 g/mol. The van der Waals surface area contributed by atoms with Crippen LogP contribution in [0.4, 0.5) is 5.69 Å². The van der Waals surface area contributed by atoms with Gasteiger partial charge in [0.25, 0.3) is 5.66 Å². The number of hydrogen-bond donors (Lipinski definition) is 2. The standard InChI is InChI=1S/C16H15N3O2S/c1-18-16(9-10-16)19-22(20,21)13-7-8-14(15(17)11-13)12-5-3-2-4-6-12/h2-8,11,19H,9-10,17H2. The van der Waals surface area contributed by atoms with Crippen molar-refractivity contribution in [2.24, 2.45) is 0 Å². The molecule has 0 heterocycles. The summed E-state index contributed by atoms with van der Waals surface area (Å²) < 4.78 is 27.1. The smallest absolute Gasteiger partial charge is 0.299 e. The van der Waals surface area contributed by atoms with Crippen molar-refractivity contribution in [1.29, 1.82) is 0 Å². The Kier molecular flexibility index (Phi) is 3.39. The minimum absolute atomic E-state index is 0.0830. The fourth-order valence-electron chi connectivity index (χ4n) is 2.25. The molecule has 1 aliphatic carbocycles. The summed E-state index contributed by atoms with van der Waals surface area (Å²) in [5.41, 5.74) is 7.16. The van der Waals surface area contributed by atoms with Crippen LogP contribution < -0.4 is 10.5 Å². The van der Waals surface area contributed by atoms with Gasteiger partial charge in [0, 0.05) is 11.3 Å². The maximum absolute atomic E-state index is 12.3. The van der Waals surface area contributed by atoms with Gasteiger partial charge in [-0.25, -0.2) is 15.0 Å². The van der Waals surface area contributed by atoms with Crippen LogP contribution in [0.1, 0.15) is 12.8 Å². The lowest BCUT2D eigenvalue weighted by atomic mass is 10.0. The first-order valence-corrected chi connectivity index (χ1v) is 8.32. The lowest BCUT2D eigenvalue weighted by Gasteiger charge is -2.11. The number of nitrogen functional groups attached to an aromatic ring is 1. The summed E-state index contributed by atoms with van der Waals surface area (Å²) in [7, 11) is -3.73. The summed E-state index contributed by atoms with van der Waals surface area (Å²) in [5, 5.41) is 0. The van der Waals surface area contributed by atoms with Crippen molar-refractivity contribution in [3.05, 3.63) is 59.9 Å². The van der Waals surface area contributed by atoms with Crippen molar-refractivity contribution in [2.75, 3.05) is 5.73 Å². The maximum atomic E-state index is 12.3. The van der Waals surface area contributed by atoms with Crippen molar-refractivity contribution >= 4 is 15.7 Å². The Labute approximate surface area is 129 Å². The van der Waals surface area contributed by atoms with Crippen molar-refractivity contribution in [2.45, 2.75) is 23.4 Å². The van der Waals surface area contributed by atoms with Gasteiger partial charge in [0.15, 0.2) is 0 Å². The molecule has 112 valence electrons. The van der Waals surface area contributed by atoms with Crippen LogP contribution in [0.3, 0.4) is 0 Å². The molecule has 2 aromatic carbocycles. The molecule has 6 heteroatoms. The van der Waals surface area contributed by atoms with Crippen molar-refractivity contribution in [3.8, 4) is 11.1 Å². The molecular formula is C16H15N3O2S. The molecule has 22 heavy (non-hydrogen) atoms. The third-order valence-electron chi connectivity index (χ3n) is 3.68. The average molecular weight is 313 g/mol. The second-order valence-electron chi connectivity index (χ2n) is 5.36. The number of benzene rings is 2. The highest BCUT2D eigenvalue weighted by Crippen LogP contribution is 2.38. The van der Waals surface area contributed by atoms with Gasteiger partial charge in [-0.1, -0.05) is 36.4 Å². The van der Waals surface area contributed by atoms with Gasteiger partial charge in [-0.2, -0.15) is 0 Å². The molecule has 0 saturated heterocycles. The summed E-state index contributed by atoms with van der Waals surface area (Å²) in [5.74, 6) is 0. The molecule has 1 aliphatic rings. The molecule has 0 radical (unpaired) electrons. The highest BCUT2D eigenvalue weighted by atomic mass is 32.2. The lowest BCUT2D eigenvalue weighted by molar-refractivity contribution is 0.568. The van der Waals surface area contributed by atoms with Crippen LogP contribution in [-0.4, -0.2) is 14.1 Å². The molecular weight excluding hydrogens is 298 g/mol. The van der Waals surface area contributed by atoms with E-state index in [1.807, 2.05) is 30.3 Å². The zero-order valence-corrected chi connectivity index (χ0v) is 12.6. The Morgan fingerprint density at radius 3 is 2.36 bits per heavy atom. The van der Waals surface area contributed by atoms with Gasteiger partial charge in [0.05, 0.1) is 17.7 Å². The molecule has 0 bridgehead atoms. The van der Waals surface area contributed by atoms with E-state index in [-0.39, 0.29) is 4.90 Å². The molecule has 0 atom stereocenters. The first-order valence-electron chi connectivity index (χ1n) is 6.83. The summed E-state index contributed by atoms with van der Waals surface area (Å²) in [6.45, 7) is 7.07. The summed E-state index contributed by atoms with van der Waals surface area (Å²) >= 11 is 0. The minimum atomic E-state index is -3.73. The number of anilines is 1. The van der Waals surface area contributed by atoms with E-state index in [4.69, 9.17) is 12.3 Å². The molecule has 0 aromatic heterocycles. The Balaban J connectivity index is 1.94. The van der Waals surface area contributed by atoms with E-state index in [1.54, 1.807) is 6.07 Å². The van der Waals surface area contributed by atoms with Crippen LogP contribution in [-0.2, 0) is 10.0 Å². The Morgan fingerprint density at radius 1 is 1.14 bits per heavy atom. The highest BCUT2D eigenvalue weighted by Gasteiger charge is 2.54. The second kappa shape index (κ2) is 5.13. The third-order valence-corrected chi connectivity index (χ3v) is 5.20. The number of nitrogens with two attached hydrogens (primary N) is 1. The molecule has 0 unspecified atom stereocenters. The zero-order chi connectivity index (χ0) is 15.8. The van der Waals surface area contributed by atoms with E-state index >= 15 is 0 Å². The molecule has 3 rings (SSSR count). The molecule has 2 aromatic rings. The predicted octanol–water partition coefficient (Wildman–Crippen LogP) is 2.62. The second-order valence-corrected chi connectivity index (χ2v) is 7.05. The van der Waals surface area contributed by atoms with E-state index in [0.29, 0.717) is 18.5 Å². The topological polar surface area (TPSA) is 76.5 Å². The molecule has 3 N–H and O–H groups in total. The largest absolute Gasteiger partial charge is 0.398 e. The van der Waals surface area contributed by atoms with Gasteiger partial charge >= 0.3 is 0 Å². The van der Waals surface area contributed by atoms with Gasteiger partial charge < -0.3 is 5.73 Å². The summed E-state index contributed by atoms with van der Waals surface area (Å²) in [6, 6.07) is 14.2. The minimum Gasteiger partial charge on any atom is -0.398 e. The van der Waals surface area contributed by atoms with Gasteiger partial charge in [-0.05, 0) is 17.7 Å². The molecule has 1 fully saturated rings. The first-order chi connectivity index (χ1) is 10.5. The molecule has 0 aliphatic heterocycles. The molecule has 5 nitrogen and oxygen atoms in total. The first kappa shape index (κ1) is 14.6. The van der Waals surface area contributed by atoms with Gasteiger partial charge in [0.2, 0.25) is 10.0 Å². The molecule has 0 amide bonds. The fourth-order valence-corrected chi connectivity index (χ4v) is 3.65. The number of rotatable bonds is 4. The number of hydrogen-bond acceptors (Lipinski definition) is 3. The summed E-state index contributed by atoms with van der Waals surface area (Å²) in [6.07, 6.45) is 1.10. The van der Waals surface area contributed by atoms with E-state index in [0.717, 1.165) is 11.1 Å². The van der Waals surface area contributed by atoms with Crippen LogP contribution in [0.5, 0.6) is 0 Å². The van der Waals surface area contributed by atoms with Crippen LogP contribution in [0.25, 0.3) is 16.0 Å². The van der Waals surface area contributed by atoms with Gasteiger partial charge in [-0.3, -0.25) is 4.85 Å². The predicted molar refractivity (Wildman–Crippen MR) is 85.2 cm³/mol. The van der Waals surface area contributed by atoms with Crippen LogP contribution in [0.2, 0.25) is 0 Å². The lowest BCUT2D eigenvalue weighted by Crippen LogP contribution is -2.34. The van der Waals surface area contributed by atoms with Crippen LogP contribution >= 0.6 is 0 Å². The molecule has 0 spiro atoms.